The molecule has 1 fully saturated rings. The lowest BCUT2D eigenvalue weighted by atomic mass is 9.85. The zero-order chi connectivity index (χ0) is 22.8. The third-order valence-electron chi connectivity index (χ3n) is 5.50. The average molecular weight is 438 g/mol. The van der Waals surface area contributed by atoms with Gasteiger partial charge in [0, 0.05) is 20.6 Å². The van der Waals surface area contributed by atoms with E-state index >= 15 is 0 Å². The minimum absolute atomic E-state index is 0.0758. The predicted octanol–water partition coefficient (Wildman–Crippen LogP) is 3.29. The molecule has 0 saturated heterocycles. The van der Waals surface area contributed by atoms with E-state index in [-0.39, 0.29) is 6.61 Å². The smallest absolute Gasteiger partial charge is 0.409 e. The van der Waals surface area contributed by atoms with E-state index in [1.165, 1.54) is 17.6 Å². The highest BCUT2D eigenvalue weighted by atomic mass is 19.1. The summed E-state index contributed by atoms with van der Waals surface area (Å²) in [6.45, 7) is 2.11. The molecule has 0 radical (unpaired) electrons. The zero-order valence-electron chi connectivity index (χ0n) is 18.8. The lowest BCUT2D eigenvalue weighted by Crippen LogP contribution is -2.37. The maximum Gasteiger partial charge on any atom is 0.409 e. The molecule has 174 valence electrons. The summed E-state index contributed by atoms with van der Waals surface area (Å²) < 4.78 is 24.2. The first-order chi connectivity index (χ1) is 14.8. The molecule has 1 aromatic rings. The minimum atomic E-state index is -0.549. The van der Waals surface area contributed by atoms with E-state index in [4.69, 9.17) is 21.1 Å². The Hall–Kier alpha value is -2.55. The second-order valence-electron chi connectivity index (χ2n) is 8.12. The van der Waals surface area contributed by atoms with Crippen LogP contribution in [0.2, 0.25) is 0 Å². The summed E-state index contributed by atoms with van der Waals surface area (Å²) in [4.78, 5) is 18.2. The number of ether oxygens (including phenoxy) is 2. The van der Waals surface area contributed by atoms with Crippen molar-refractivity contribution in [1.82, 2.24) is 14.9 Å². The number of carbonyl (C=O) groups is 1. The van der Waals surface area contributed by atoms with Crippen LogP contribution in [0.5, 0.6) is 5.75 Å². The van der Waals surface area contributed by atoms with Gasteiger partial charge in [-0.1, -0.05) is 19.8 Å². The number of nitrogens with two attached hydrogens (primary N) is 2. The molecule has 4 N–H and O–H groups in total. The van der Waals surface area contributed by atoms with Crippen molar-refractivity contribution in [3.8, 4) is 5.75 Å². The molecule has 0 aromatic carbocycles. The van der Waals surface area contributed by atoms with Crippen molar-refractivity contribution in [2.24, 2.45) is 17.5 Å². The Labute approximate surface area is 184 Å². The number of nitrogens with zero attached hydrogens (tertiary/aromatic N) is 3. The first-order valence-electron chi connectivity index (χ1n) is 10.9. The van der Waals surface area contributed by atoms with Gasteiger partial charge in [0.25, 0.3) is 0 Å². The molecule has 1 aliphatic carbocycles. The lowest BCUT2D eigenvalue weighted by Gasteiger charge is -2.30. The molecular formula is C22H36FN5O3. The van der Waals surface area contributed by atoms with E-state index in [2.05, 4.69) is 11.9 Å². The van der Waals surface area contributed by atoms with Gasteiger partial charge in [0.15, 0.2) is 0 Å². The van der Waals surface area contributed by atoms with Crippen molar-refractivity contribution in [2.75, 3.05) is 33.9 Å². The molecule has 1 aromatic heterocycles. The first-order valence-corrected chi connectivity index (χ1v) is 10.9. The van der Waals surface area contributed by atoms with E-state index in [1.807, 2.05) is 0 Å². The largest absolute Gasteiger partial charge is 0.486 e. The summed E-state index contributed by atoms with van der Waals surface area (Å²) in [7, 11) is 3.34. The standard InChI is InChI=1S/C22H36FN5O3/c1-4-5-9-17(12-23)31-18-10-11-19(26-13-18)21(24)20(28(3)25)15-30-22(29)27(2)14-16-7-6-8-16/h10-11,13,16-17H,4-9,12,14-15,24-25H2,1-3H3/b21-20-. The summed E-state index contributed by atoms with van der Waals surface area (Å²) in [6.07, 6.45) is 6.66. The van der Waals surface area contributed by atoms with Gasteiger partial charge in [0.1, 0.15) is 25.1 Å². The Bertz CT molecular complexity index is 722. The Balaban J connectivity index is 2.00. The molecule has 0 spiro atoms. The highest BCUT2D eigenvalue weighted by Gasteiger charge is 2.23. The van der Waals surface area contributed by atoms with Crippen molar-refractivity contribution < 1.29 is 18.7 Å². The Kier molecular flexibility index (Phi) is 9.84. The number of hydrogen-bond acceptors (Lipinski definition) is 7. The molecular weight excluding hydrogens is 401 g/mol. The molecule has 1 amide bonds. The summed E-state index contributed by atoms with van der Waals surface area (Å²) >= 11 is 0. The Morgan fingerprint density at radius 1 is 1.35 bits per heavy atom. The maximum atomic E-state index is 13.1. The number of aromatic nitrogens is 1. The summed E-state index contributed by atoms with van der Waals surface area (Å²) in [6, 6.07) is 3.37. The van der Waals surface area contributed by atoms with Crippen molar-refractivity contribution in [1.29, 1.82) is 0 Å². The molecule has 0 bridgehead atoms. The van der Waals surface area contributed by atoms with Crippen LogP contribution in [0.4, 0.5) is 9.18 Å². The molecule has 8 nitrogen and oxygen atoms in total. The monoisotopic (exact) mass is 437 g/mol. The van der Waals surface area contributed by atoms with Crippen LogP contribution in [0.15, 0.2) is 24.0 Å². The number of alkyl halides is 1. The molecule has 9 heteroatoms. The summed E-state index contributed by atoms with van der Waals surface area (Å²) in [5.41, 5.74) is 7.43. The van der Waals surface area contributed by atoms with Crippen LogP contribution in [-0.4, -0.2) is 61.0 Å². The van der Waals surface area contributed by atoms with Crippen LogP contribution in [0.25, 0.3) is 5.70 Å². The van der Waals surface area contributed by atoms with Crippen molar-refractivity contribution in [2.45, 2.75) is 51.6 Å². The molecule has 1 unspecified atom stereocenters. The number of hydrogen-bond donors (Lipinski definition) is 2. The highest BCUT2D eigenvalue weighted by Crippen LogP contribution is 2.27. The number of likely N-dealkylation sites (N-methyl/N-ethyl adjacent to an activating group) is 1. The Morgan fingerprint density at radius 3 is 2.61 bits per heavy atom. The lowest BCUT2D eigenvalue weighted by molar-refractivity contribution is 0.101. The Morgan fingerprint density at radius 2 is 2.10 bits per heavy atom. The number of rotatable bonds is 12. The number of unbranched alkanes of at least 4 members (excludes halogenated alkanes) is 1. The fourth-order valence-corrected chi connectivity index (χ4v) is 3.30. The van der Waals surface area contributed by atoms with Crippen LogP contribution in [0, 0.1) is 5.92 Å². The predicted molar refractivity (Wildman–Crippen MR) is 119 cm³/mol. The highest BCUT2D eigenvalue weighted by molar-refractivity contribution is 5.68. The number of pyridine rings is 1. The van der Waals surface area contributed by atoms with Gasteiger partial charge in [-0.25, -0.2) is 15.0 Å². The van der Waals surface area contributed by atoms with Crippen LogP contribution in [0.3, 0.4) is 0 Å². The van der Waals surface area contributed by atoms with E-state index in [0.29, 0.717) is 41.7 Å². The van der Waals surface area contributed by atoms with Crippen molar-refractivity contribution in [3.63, 3.8) is 0 Å². The molecule has 0 aliphatic heterocycles. The number of carbonyl (C=O) groups excluding carboxylic acids is 1. The van der Waals surface area contributed by atoms with E-state index in [1.54, 1.807) is 31.1 Å². The van der Waals surface area contributed by atoms with Gasteiger partial charge < -0.3 is 25.1 Å². The SMILES string of the molecule is CCCCC(CF)Oc1ccc(/C(N)=C(\COC(=O)N(C)CC2CCC2)N(C)N)nc1. The third-order valence-corrected chi connectivity index (χ3v) is 5.50. The van der Waals surface area contributed by atoms with Gasteiger partial charge in [-0.15, -0.1) is 0 Å². The normalized spacial score (nSPS) is 15.5. The minimum Gasteiger partial charge on any atom is -0.486 e. The van der Waals surface area contributed by atoms with Crippen molar-refractivity contribution in [3.05, 3.63) is 29.7 Å². The summed E-state index contributed by atoms with van der Waals surface area (Å²) in [5, 5.41) is 1.31. The number of halogens is 1. The van der Waals surface area contributed by atoms with Crippen molar-refractivity contribution >= 4 is 11.8 Å². The van der Waals surface area contributed by atoms with Crippen LogP contribution in [-0.2, 0) is 4.74 Å². The second-order valence-corrected chi connectivity index (χ2v) is 8.12. The van der Waals surface area contributed by atoms with Gasteiger partial charge in [0.2, 0.25) is 0 Å². The second kappa shape index (κ2) is 12.3. The van der Waals surface area contributed by atoms with Gasteiger partial charge in [-0.2, -0.15) is 0 Å². The third kappa shape index (κ3) is 7.57. The summed E-state index contributed by atoms with van der Waals surface area (Å²) in [5.74, 6) is 6.93. The van der Waals surface area contributed by atoms with E-state index in [0.717, 1.165) is 25.7 Å². The number of amides is 1. The maximum absolute atomic E-state index is 13.1. The molecule has 2 rings (SSSR count). The van der Waals surface area contributed by atoms with Gasteiger partial charge in [0.05, 0.1) is 23.3 Å². The topological polar surface area (TPSA) is 107 Å². The number of hydrazine groups is 1. The van der Waals surface area contributed by atoms with Gasteiger partial charge in [-0.3, -0.25) is 4.98 Å². The van der Waals surface area contributed by atoms with Crippen LogP contribution >= 0.6 is 0 Å². The van der Waals surface area contributed by atoms with Crippen LogP contribution < -0.4 is 16.3 Å². The first kappa shape index (κ1) is 24.7. The molecule has 1 heterocycles. The zero-order valence-corrected chi connectivity index (χ0v) is 18.8. The molecule has 1 atom stereocenters. The molecule has 1 saturated carbocycles. The average Bonchev–Trinajstić information content (AvgIpc) is 2.73. The van der Waals surface area contributed by atoms with Crippen LogP contribution in [0.1, 0.15) is 51.1 Å². The van der Waals surface area contributed by atoms with Gasteiger partial charge >= 0.3 is 6.09 Å². The van der Waals surface area contributed by atoms with E-state index < -0.39 is 18.9 Å². The van der Waals surface area contributed by atoms with Gasteiger partial charge in [-0.05, 0) is 43.7 Å². The quantitative estimate of drug-likeness (QED) is 0.382. The fourth-order valence-electron chi connectivity index (χ4n) is 3.30. The molecule has 31 heavy (non-hydrogen) atoms. The molecule has 1 aliphatic rings. The van der Waals surface area contributed by atoms with E-state index in [9.17, 15) is 9.18 Å². The fraction of sp³-hybridized carbons (Fsp3) is 0.636.